The lowest BCUT2D eigenvalue weighted by Gasteiger charge is -2.15. The van der Waals surface area contributed by atoms with Crippen LogP contribution in [0.4, 0.5) is 13.2 Å². The summed E-state index contributed by atoms with van der Waals surface area (Å²) in [5.74, 6) is -2.62. The number of nitrogens with one attached hydrogen (secondary N) is 2. The molecule has 0 amide bonds. The lowest BCUT2D eigenvalue weighted by Crippen LogP contribution is -2.24. The lowest BCUT2D eigenvalue weighted by molar-refractivity contribution is 0.0115. The molecule has 2 N–H and O–H groups in total. The number of ether oxygens (including phenoxy) is 1. The van der Waals surface area contributed by atoms with Crippen LogP contribution < -0.4 is 4.74 Å². The number of aromatic nitrogens is 6. The molecule has 0 saturated carbocycles. The number of alkyl halides is 2. The molecular formula is C30H24F3N7O. The molecule has 0 bridgehead atoms. The predicted octanol–water partition coefficient (Wildman–Crippen LogP) is 6.22. The number of aromatic amines is 2. The van der Waals surface area contributed by atoms with Crippen LogP contribution in [0.3, 0.4) is 0 Å². The summed E-state index contributed by atoms with van der Waals surface area (Å²) >= 11 is 0. The molecule has 6 heterocycles. The van der Waals surface area contributed by atoms with E-state index in [-0.39, 0.29) is 13.0 Å². The summed E-state index contributed by atoms with van der Waals surface area (Å²) in [6.07, 6.45) is 8.42. The van der Waals surface area contributed by atoms with E-state index >= 15 is 0 Å². The zero-order chi connectivity index (χ0) is 28.1. The van der Waals surface area contributed by atoms with Crippen molar-refractivity contribution in [3.63, 3.8) is 0 Å². The number of hydrogen-bond acceptors (Lipinski definition) is 6. The fourth-order valence-electron chi connectivity index (χ4n) is 5.44. The molecule has 11 heteroatoms. The molecule has 0 spiro atoms. The molecule has 1 aromatic carbocycles. The van der Waals surface area contributed by atoms with Crippen LogP contribution in [0.5, 0.6) is 5.75 Å². The molecule has 0 aliphatic carbocycles. The Morgan fingerprint density at radius 2 is 1.80 bits per heavy atom. The number of H-pyrrole nitrogens is 2. The summed E-state index contributed by atoms with van der Waals surface area (Å²) in [6.45, 7) is 0.515. The van der Waals surface area contributed by atoms with Crippen LogP contribution in [-0.2, 0) is 6.54 Å². The number of benzene rings is 1. The van der Waals surface area contributed by atoms with Crippen LogP contribution in [0, 0.1) is 5.82 Å². The quantitative estimate of drug-likeness (QED) is 0.253. The van der Waals surface area contributed by atoms with Gasteiger partial charge in [-0.1, -0.05) is 0 Å². The Balaban J connectivity index is 1.25. The van der Waals surface area contributed by atoms with E-state index < -0.39 is 11.7 Å². The third-order valence-electron chi connectivity index (χ3n) is 7.41. The van der Waals surface area contributed by atoms with Crippen molar-refractivity contribution >= 4 is 21.8 Å². The Bertz CT molecular complexity index is 1920. The molecular weight excluding hydrogens is 531 g/mol. The van der Waals surface area contributed by atoms with Gasteiger partial charge in [-0.25, -0.2) is 13.2 Å². The van der Waals surface area contributed by atoms with E-state index in [0.717, 1.165) is 44.2 Å². The van der Waals surface area contributed by atoms with Gasteiger partial charge in [-0.3, -0.25) is 25.0 Å². The Morgan fingerprint density at radius 3 is 2.63 bits per heavy atom. The highest BCUT2D eigenvalue weighted by Crippen LogP contribution is 2.36. The second-order valence-electron chi connectivity index (χ2n) is 10.3. The number of pyridine rings is 3. The Hall–Kier alpha value is -4.77. The molecule has 0 radical (unpaired) electrons. The largest absolute Gasteiger partial charge is 0.497 e. The first-order chi connectivity index (χ1) is 19.8. The molecule has 0 unspecified atom stereocenters. The van der Waals surface area contributed by atoms with Crippen LogP contribution in [0.15, 0.2) is 67.4 Å². The Labute approximate surface area is 232 Å². The fourth-order valence-corrected chi connectivity index (χ4v) is 5.44. The van der Waals surface area contributed by atoms with Crippen LogP contribution in [0.2, 0.25) is 0 Å². The van der Waals surface area contributed by atoms with E-state index in [1.165, 1.54) is 19.2 Å². The minimum atomic E-state index is -2.64. The van der Waals surface area contributed by atoms with E-state index in [9.17, 15) is 13.2 Å². The maximum absolute atomic E-state index is 14.3. The van der Waals surface area contributed by atoms with Crippen LogP contribution in [-0.4, -0.2) is 61.2 Å². The maximum Gasteiger partial charge on any atom is 0.261 e. The van der Waals surface area contributed by atoms with Gasteiger partial charge in [-0.15, -0.1) is 0 Å². The van der Waals surface area contributed by atoms with Gasteiger partial charge in [0.15, 0.2) is 0 Å². The summed E-state index contributed by atoms with van der Waals surface area (Å²) in [6, 6.07) is 10.4. The van der Waals surface area contributed by atoms with Gasteiger partial charge < -0.3 is 9.72 Å². The van der Waals surface area contributed by atoms with Gasteiger partial charge >= 0.3 is 0 Å². The minimum Gasteiger partial charge on any atom is -0.497 e. The third-order valence-corrected chi connectivity index (χ3v) is 7.41. The number of hydrogen-bond donors (Lipinski definition) is 2. The smallest absolute Gasteiger partial charge is 0.261 e. The lowest BCUT2D eigenvalue weighted by atomic mass is 10.0. The average molecular weight is 556 g/mol. The highest BCUT2D eigenvalue weighted by Gasteiger charge is 2.37. The zero-order valence-corrected chi connectivity index (χ0v) is 22.0. The Kier molecular flexibility index (Phi) is 5.97. The number of likely N-dealkylation sites (tertiary alicyclic amines) is 1. The first-order valence-corrected chi connectivity index (χ1v) is 13.1. The number of nitrogens with zero attached hydrogens (tertiary/aromatic N) is 5. The summed E-state index contributed by atoms with van der Waals surface area (Å²) in [5, 5.41) is 9.29. The first kappa shape index (κ1) is 25.2. The molecule has 8 nitrogen and oxygen atoms in total. The summed E-state index contributed by atoms with van der Waals surface area (Å²) in [5.41, 5.74) is 6.68. The third kappa shape index (κ3) is 4.78. The highest BCUT2D eigenvalue weighted by atomic mass is 19.3. The zero-order valence-electron chi connectivity index (χ0n) is 22.0. The van der Waals surface area contributed by atoms with Crippen molar-refractivity contribution < 1.29 is 17.9 Å². The number of methoxy groups -OCH3 is 1. The Morgan fingerprint density at radius 1 is 0.927 bits per heavy atom. The van der Waals surface area contributed by atoms with Crippen molar-refractivity contribution in [1.82, 2.24) is 35.0 Å². The van der Waals surface area contributed by atoms with Gasteiger partial charge in [0.25, 0.3) is 5.92 Å². The molecule has 1 aliphatic heterocycles. The van der Waals surface area contributed by atoms with Gasteiger partial charge in [0.2, 0.25) is 0 Å². The monoisotopic (exact) mass is 555 g/mol. The predicted molar refractivity (Wildman–Crippen MR) is 149 cm³/mol. The molecule has 1 saturated heterocycles. The van der Waals surface area contributed by atoms with Gasteiger partial charge in [-0.2, -0.15) is 5.10 Å². The van der Waals surface area contributed by atoms with Crippen molar-refractivity contribution in [3.05, 3.63) is 78.8 Å². The maximum atomic E-state index is 14.3. The number of fused-ring (bicyclic) bond motifs is 2. The van der Waals surface area contributed by atoms with Crippen molar-refractivity contribution in [2.45, 2.75) is 18.9 Å². The molecule has 41 heavy (non-hydrogen) atoms. The van der Waals surface area contributed by atoms with Crippen molar-refractivity contribution in [2.24, 2.45) is 0 Å². The molecule has 7 rings (SSSR count). The van der Waals surface area contributed by atoms with E-state index in [1.807, 2.05) is 18.2 Å². The topological polar surface area (TPSA) is 95.6 Å². The molecule has 6 aromatic rings. The number of halogens is 3. The van der Waals surface area contributed by atoms with E-state index in [4.69, 9.17) is 4.74 Å². The van der Waals surface area contributed by atoms with Crippen molar-refractivity contribution in [2.75, 3.05) is 20.2 Å². The summed E-state index contributed by atoms with van der Waals surface area (Å²) in [7, 11) is 1.50. The summed E-state index contributed by atoms with van der Waals surface area (Å²) < 4.78 is 46.8. The van der Waals surface area contributed by atoms with Crippen LogP contribution >= 0.6 is 0 Å². The van der Waals surface area contributed by atoms with Crippen molar-refractivity contribution in [1.29, 1.82) is 0 Å². The highest BCUT2D eigenvalue weighted by molar-refractivity contribution is 6.01. The van der Waals surface area contributed by atoms with Gasteiger partial charge in [-0.05, 0) is 41.5 Å². The SMILES string of the molecule is COc1cc(F)cc(-c2cncc3[nH]c(-c4n[nH]c5cnc(-c6cncc(CN7CCC(F)(F)C7)c6)cc45)cc23)c1. The molecule has 1 fully saturated rings. The second kappa shape index (κ2) is 9.70. The van der Waals surface area contributed by atoms with Crippen molar-refractivity contribution in [3.8, 4) is 39.5 Å². The van der Waals surface area contributed by atoms with Gasteiger partial charge in [0.1, 0.15) is 17.3 Å². The van der Waals surface area contributed by atoms with Crippen LogP contribution in [0.1, 0.15) is 12.0 Å². The normalized spacial score (nSPS) is 15.2. The molecule has 5 aromatic heterocycles. The van der Waals surface area contributed by atoms with E-state index in [2.05, 4.69) is 30.1 Å². The first-order valence-electron chi connectivity index (χ1n) is 13.1. The van der Waals surface area contributed by atoms with E-state index in [1.54, 1.807) is 42.0 Å². The summed E-state index contributed by atoms with van der Waals surface area (Å²) in [4.78, 5) is 18.4. The molecule has 206 valence electrons. The number of rotatable bonds is 6. The molecule has 1 aliphatic rings. The van der Waals surface area contributed by atoms with Gasteiger partial charge in [0, 0.05) is 66.1 Å². The van der Waals surface area contributed by atoms with E-state index in [0.29, 0.717) is 35.8 Å². The average Bonchev–Trinajstić information content (AvgIpc) is 3.68. The fraction of sp³-hybridized carbons (Fsp3) is 0.200. The second-order valence-corrected chi connectivity index (χ2v) is 10.3. The minimum absolute atomic E-state index is 0.122. The van der Waals surface area contributed by atoms with Gasteiger partial charge in [0.05, 0.1) is 48.5 Å². The standard InChI is InChI=1S/C30H24F3N7O/c1-41-21-6-18(5-20(31)7-21)24-12-35-13-27-22(24)8-26(37-27)29-23-9-25(36-14-28(23)38-39-29)19-4-17(10-34-11-19)15-40-3-2-30(32,33)16-40/h4-14,37H,2-3,15-16H2,1H3,(H,38,39). The molecule has 0 atom stereocenters. The van der Waals surface area contributed by atoms with Crippen LogP contribution in [0.25, 0.3) is 55.6 Å².